The third-order valence-electron chi connectivity index (χ3n) is 26.0. The number of rotatable bonds is 80. The first-order valence-electron chi connectivity index (χ1n) is 50.7. The van der Waals surface area contributed by atoms with E-state index in [4.69, 9.17) is 40.1 Å². The van der Waals surface area contributed by atoms with Crippen molar-refractivity contribution >= 4 is 88.6 Å². The van der Waals surface area contributed by atoms with E-state index >= 15 is 9.59 Å². The Bertz CT molecular complexity index is 3330. The van der Waals surface area contributed by atoms with Crippen molar-refractivity contribution in [3.05, 3.63) is 0 Å². The maximum atomic E-state index is 15.0. The zero-order chi connectivity index (χ0) is 99.6. The van der Waals surface area contributed by atoms with Gasteiger partial charge in [-0.05, 0) is 203 Å². The smallest absolute Gasteiger partial charge is 0.243 e. The van der Waals surface area contributed by atoms with Gasteiger partial charge < -0.3 is 115 Å². The Labute approximate surface area is 791 Å². The first-order valence-corrected chi connectivity index (χ1v) is 50.7. The van der Waals surface area contributed by atoms with Crippen LogP contribution >= 0.6 is 0 Å². The molecule has 0 heterocycles. The molecule has 15 amide bonds. The highest BCUT2D eigenvalue weighted by atomic mass is 16.2. The number of carbonyl (C=O) groups is 15. The van der Waals surface area contributed by atoms with Crippen LogP contribution in [-0.4, -0.2) is 213 Å². The second-order valence-corrected chi connectivity index (χ2v) is 36.9. The maximum absolute atomic E-state index is 15.0. The summed E-state index contributed by atoms with van der Waals surface area (Å²) in [5, 5.41) is 39.6. The van der Waals surface area contributed by atoms with Crippen LogP contribution in [0.4, 0.5) is 0 Å². The Morgan fingerprint density at radius 1 is 0.205 bits per heavy atom. The topological polar surface area (TPSA) is 607 Å². The van der Waals surface area contributed by atoms with Crippen molar-refractivity contribution in [2.75, 3.05) is 45.8 Å². The summed E-state index contributed by atoms with van der Waals surface area (Å²) in [6.07, 6.45) is 23.7. The first kappa shape index (κ1) is 124. The van der Waals surface area contributed by atoms with Crippen LogP contribution in [0.5, 0.6) is 0 Å². The molecule has 0 fully saturated rings. The fourth-order valence-corrected chi connectivity index (χ4v) is 15.4. The average molecular weight is 1870 g/mol. The molecule has 0 aromatic heterocycles. The lowest BCUT2D eigenvalue weighted by Crippen LogP contribution is -2.63. The lowest BCUT2D eigenvalue weighted by atomic mass is 9.94. The van der Waals surface area contributed by atoms with Crippen molar-refractivity contribution in [1.82, 2.24) is 74.4 Å². The highest BCUT2D eigenvalue weighted by Gasteiger charge is 2.41. The van der Waals surface area contributed by atoms with Crippen molar-refractivity contribution in [1.29, 1.82) is 0 Å². The normalized spacial score (nSPS) is 16.0. The van der Waals surface area contributed by atoms with Crippen molar-refractivity contribution in [3.63, 3.8) is 0 Å². The molecule has 0 bridgehead atoms. The lowest BCUT2D eigenvalue weighted by Gasteiger charge is -2.32. The summed E-state index contributed by atoms with van der Waals surface area (Å²) in [6.45, 7) is 28.5. The minimum absolute atomic E-state index is 0.0264. The minimum Gasteiger partial charge on any atom is -0.368 e. The Hall–Kier alpha value is -8.19. The molecule has 0 aliphatic heterocycles. The van der Waals surface area contributed by atoms with Gasteiger partial charge in [0.05, 0.1) is 6.54 Å². The monoisotopic (exact) mass is 1870 g/mol. The first-order chi connectivity index (χ1) is 63.0. The number of hydrogen-bond acceptors (Lipinski definition) is 21. The van der Waals surface area contributed by atoms with Crippen LogP contribution in [0.25, 0.3) is 0 Å². The van der Waals surface area contributed by atoms with Crippen molar-refractivity contribution in [3.8, 4) is 0 Å². The summed E-state index contributed by atoms with van der Waals surface area (Å²) in [6, 6.07) is -16.1. The van der Waals surface area contributed by atoms with Crippen LogP contribution in [0.2, 0.25) is 0 Å². The molecule has 20 atom stereocenters. The Morgan fingerprint density at radius 2 is 0.386 bits per heavy atom. The van der Waals surface area contributed by atoms with Gasteiger partial charge >= 0.3 is 0 Å². The molecule has 0 rings (SSSR count). The standard InChI is InChI=1S/C96H185N21O15/c1-16-24-25-26-27-28-29-30-31-32-33-34-35-54-75(118)104-61-76(119)111-78(63(10)18-3)94(130)115-79(64(11)19-4)91(127)108-70(49-37-43-56-98)86(122)106-73(52-40-46-59-101)89(125)113-83(68(15)23-8)96(132)117-81(66(13)21-6)93(129)110-71(50-38-44-57-99)87(123)107-74(53-41-47-60-102)90(126)114-82(67(14)22-7)95(131)116-80(65(12)20-5)92(128)109-69(48-36-42-55-97)85(121)105-72(51-39-45-58-100)88(124)112-77(84(103)120)62(9)17-2/h62-74,77-83H,16-61,97-102H2,1-15H3,(H2,103,120)(H,104,118)(H,105,121)(H,106,122)(H,107,123)(H,108,127)(H,109,128)(H,110,129)(H,111,119)(H,112,124)(H,113,125)(H,114,126)(H,115,130)(H,116,131)(H,117,132)/t62-,63-,64-,65-,66-,67-,68-,69-,70-,71-,72-,73-,74-,77-,78-,79-,80-,81-,82-,83-/m0/s1. The van der Waals surface area contributed by atoms with Crippen LogP contribution in [0.1, 0.15) is 354 Å². The second kappa shape index (κ2) is 74.1. The van der Waals surface area contributed by atoms with E-state index in [0.717, 1.165) is 19.3 Å². The lowest BCUT2D eigenvalue weighted by molar-refractivity contribution is -0.137. The molecule has 36 heteroatoms. The number of primary amides is 1. The van der Waals surface area contributed by atoms with E-state index in [9.17, 15) is 62.3 Å². The summed E-state index contributed by atoms with van der Waals surface area (Å²) in [5.74, 6) is -13.8. The second-order valence-electron chi connectivity index (χ2n) is 36.9. The molecule has 764 valence electrons. The third kappa shape index (κ3) is 50.4. The van der Waals surface area contributed by atoms with Gasteiger partial charge in [0.15, 0.2) is 0 Å². The summed E-state index contributed by atoms with van der Waals surface area (Å²) in [5.41, 5.74) is 41.2. The van der Waals surface area contributed by atoms with Gasteiger partial charge in [-0.2, -0.15) is 0 Å². The molecule has 36 nitrogen and oxygen atoms in total. The zero-order valence-electron chi connectivity index (χ0n) is 83.7. The summed E-state index contributed by atoms with van der Waals surface area (Å²) in [4.78, 5) is 216. The molecular weight excluding hydrogens is 1690 g/mol. The van der Waals surface area contributed by atoms with Crippen LogP contribution < -0.4 is 115 Å². The predicted molar refractivity (Wildman–Crippen MR) is 521 cm³/mol. The molecule has 0 saturated carbocycles. The Kier molecular flexibility index (Phi) is 69.5. The molecule has 0 aromatic rings. The number of nitrogens with two attached hydrogens (primary N) is 7. The van der Waals surface area contributed by atoms with E-state index in [1.54, 1.807) is 55.4 Å². The molecule has 0 aromatic carbocycles. The average Bonchev–Trinajstić information content (AvgIpc) is 0.853. The largest absolute Gasteiger partial charge is 0.368 e. The van der Waals surface area contributed by atoms with Gasteiger partial charge in [0, 0.05) is 6.42 Å². The molecule has 132 heavy (non-hydrogen) atoms. The van der Waals surface area contributed by atoms with Gasteiger partial charge in [-0.3, -0.25) is 71.9 Å². The van der Waals surface area contributed by atoms with Gasteiger partial charge in [-0.15, -0.1) is 0 Å². The summed E-state index contributed by atoms with van der Waals surface area (Å²) >= 11 is 0. The van der Waals surface area contributed by atoms with E-state index in [0.29, 0.717) is 135 Å². The molecule has 0 unspecified atom stereocenters. The van der Waals surface area contributed by atoms with Crippen molar-refractivity contribution in [2.24, 2.45) is 81.6 Å². The van der Waals surface area contributed by atoms with Crippen LogP contribution in [0.3, 0.4) is 0 Å². The van der Waals surface area contributed by atoms with E-state index in [2.05, 4.69) is 81.4 Å². The highest BCUT2D eigenvalue weighted by molar-refractivity contribution is 6.00. The summed E-state index contributed by atoms with van der Waals surface area (Å²) < 4.78 is 0. The molecule has 0 aliphatic carbocycles. The number of carbonyl (C=O) groups excluding carboxylic acids is 15. The fraction of sp³-hybridized carbons (Fsp3) is 0.844. The van der Waals surface area contributed by atoms with Gasteiger partial charge in [-0.1, -0.05) is 226 Å². The van der Waals surface area contributed by atoms with E-state index in [1.165, 1.54) is 57.8 Å². The molecule has 0 radical (unpaired) electrons. The van der Waals surface area contributed by atoms with Crippen molar-refractivity contribution in [2.45, 2.75) is 433 Å². The number of hydrogen-bond donors (Lipinski definition) is 21. The van der Waals surface area contributed by atoms with Crippen LogP contribution in [0, 0.1) is 41.4 Å². The minimum atomic E-state index is -1.33. The van der Waals surface area contributed by atoms with Crippen molar-refractivity contribution < 1.29 is 71.9 Å². The number of unbranched alkanes of at least 4 members (excludes halogenated alkanes) is 18. The Morgan fingerprint density at radius 3 is 0.606 bits per heavy atom. The van der Waals surface area contributed by atoms with Gasteiger partial charge in [-0.25, -0.2) is 0 Å². The van der Waals surface area contributed by atoms with E-state index < -0.39 is 197 Å². The van der Waals surface area contributed by atoms with E-state index in [1.807, 2.05) is 41.5 Å². The molecule has 0 saturated heterocycles. The predicted octanol–water partition coefficient (Wildman–Crippen LogP) is 5.47. The molecule has 0 aliphatic rings. The quantitative estimate of drug-likeness (QED) is 0.0336. The van der Waals surface area contributed by atoms with Gasteiger partial charge in [0.25, 0.3) is 0 Å². The third-order valence-corrected chi connectivity index (χ3v) is 26.0. The summed E-state index contributed by atoms with van der Waals surface area (Å²) in [7, 11) is 0. The van der Waals surface area contributed by atoms with Gasteiger partial charge in [0.2, 0.25) is 88.6 Å². The molecule has 28 N–H and O–H groups in total. The van der Waals surface area contributed by atoms with Crippen LogP contribution in [-0.2, 0) is 71.9 Å². The van der Waals surface area contributed by atoms with Crippen LogP contribution in [0.15, 0.2) is 0 Å². The SMILES string of the molecule is CCCCCCCCCCCCCCCC(=O)NCC(=O)N[C@H](C(=O)N[C@H](C(=O)N[C@@H](CCCCN)C(=O)N[C@@H](CCCCN)C(=O)N[C@H](C(=O)N[C@H](C(=O)N[C@@H](CCCCN)C(=O)N[C@@H](CCCCN)C(=O)N[C@H](C(=O)N[C@H](C(=O)N[C@@H](CCCCN)C(=O)N[C@@H](CCCCN)C(=O)N[C@H](C(N)=O)[C@@H](C)CC)[C@@H](C)CC)[C@@H](C)CC)[C@@H](C)CC)[C@@H](C)CC)[C@@H](C)CC)[C@@H](C)CC. The number of amides is 15. The number of nitrogens with one attached hydrogen (secondary N) is 14. The highest BCUT2D eigenvalue weighted by Crippen LogP contribution is 2.22. The molecular formula is C96H185N21O15. The fourth-order valence-electron chi connectivity index (χ4n) is 15.4. The van der Waals surface area contributed by atoms with E-state index in [-0.39, 0.29) is 96.0 Å². The van der Waals surface area contributed by atoms with Gasteiger partial charge in [0.1, 0.15) is 78.5 Å². The zero-order valence-corrected chi connectivity index (χ0v) is 83.7. The Balaban J connectivity index is 7.20. The maximum Gasteiger partial charge on any atom is 0.243 e. The molecule has 0 spiro atoms.